The molecule has 2 aromatic heterocycles. The summed E-state index contributed by atoms with van der Waals surface area (Å²) >= 11 is 8.35. The molecule has 0 bridgehead atoms. The molecule has 13 atom stereocenters. The lowest BCUT2D eigenvalue weighted by Gasteiger charge is -2.31. The molecule has 0 unspecified atom stereocenters. The van der Waals surface area contributed by atoms with Crippen LogP contribution >= 0.6 is 25.3 Å². The van der Waals surface area contributed by atoms with Crippen molar-refractivity contribution in [3.63, 3.8) is 0 Å². The number of unbranched alkanes of at least 4 members (excludes halogenated alkanes) is 1. The molecule has 25 N–H and O–H groups in total. The third-order valence-corrected chi connectivity index (χ3v) is 20.3. The fourth-order valence-corrected chi connectivity index (χ4v) is 13.6. The van der Waals surface area contributed by atoms with E-state index in [-0.39, 0.29) is 68.2 Å². The number of aliphatic carboxylic acids is 3. The van der Waals surface area contributed by atoms with Gasteiger partial charge in [-0.25, -0.2) is 4.79 Å². The zero-order valence-electron chi connectivity index (χ0n) is 67.0. The number of para-hydroxylation sites is 2. The Labute approximate surface area is 705 Å². The van der Waals surface area contributed by atoms with E-state index in [4.69, 9.17) is 17.2 Å². The van der Waals surface area contributed by atoms with Crippen molar-refractivity contribution in [2.45, 2.75) is 196 Å². The Bertz CT molecular complexity index is 4550. The number of amides is 15. The second-order valence-electron chi connectivity index (χ2n) is 29.5. The number of nitrogens with two attached hydrogens (primary N) is 3. The second kappa shape index (κ2) is 48.0. The highest BCUT2D eigenvalue weighted by atomic mass is 32.1. The van der Waals surface area contributed by atoms with Gasteiger partial charge in [-0.3, -0.25) is 81.5 Å². The number of phenolic OH excluding ortho intramolecular Hbond substituents is 1. The van der Waals surface area contributed by atoms with Crippen LogP contribution in [0.2, 0.25) is 0 Å². The smallest absolute Gasteiger partial charge is 0.326 e. The van der Waals surface area contributed by atoms with Gasteiger partial charge in [-0.1, -0.05) is 62.4 Å². The lowest BCUT2D eigenvalue weighted by molar-refractivity contribution is -0.144. The van der Waals surface area contributed by atoms with E-state index in [1.54, 1.807) is 68.6 Å². The molecule has 3 heterocycles. The first-order valence-corrected chi connectivity index (χ1v) is 40.4. The molecule has 43 heteroatoms. The Morgan fingerprint density at radius 3 is 1.48 bits per heavy atom. The number of aromatic nitrogens is 2. The normalized spacial score (nSPS) is 15.4. The van der Waals surface area contributed by atoms with Gasteiger partial charge in [0.25, 0.3) is 0 Å². The fourth-order valence-electron chi connectivity index (χ4n) is 13.1. The lowest BCUT2D eigenvalue weighted by Crippen LogP contribution is -2.61. The number of carbonyl (C=O) groups is 18. The summed E-state index contributed by atoms with van der Waals surface area (Å²) < 4.78 is 0. The molecule has 0 spiro atoms. The van der Waals surface area contributed by atoms with Crippen LogP contribution in [0, 0.1) is 5.92 Å². The first kappa shape index (κ1) is 97.5. The molecule has 6 rings (SSSR count). The first-order valence-electron chi connectivity index (χ1n) is 39.1. The number of carbonyl (C=O) groups excluding carboxylic acids is 15. The van der Waals surface area contributed by atoms with Crippen LogP contribution in [0.3, 0.4) is 0 Å². The van der Waals surface area contributed by atoms with Gasteiger partial charge < -0.3 is 122 Å². The van der Waals surface area contributed by atoms with Crippen LogP contribution in [0.25, 0.3) is 21.8 Å². The number of hydrogen-bond acceptors (Lipinski definition) is 23. The van der Waals surface area contributed by atoms with E-state index in [1.165, 1.54) is 44.3 Å². The zero-order chi connectivity index (χ0) is 89.3. The van der Waals surface area contributed by atoms with Crippen LogP contribution in [0.5, 0.6) is 5.75 Å². The number of phenols is 1. The van der Waals surface area contributed by atoms with Crippen molar-refractivity contribution in [3.8, 4) is 5.75 Å². The van der Waals surface area contributed by atoms with E-state index < -0.39 is 237 Å². The molecule has 658 valence electrons. The predicted octanol–water partition coefficient (Wildman–Crippen LogP) is -3.97. The highest BCUT2D eigenvalue weighted by Gasteiger charge is 2.42. The molecule has 121 heavy (non-hydrogen) atoms. The van der Waals surface area contributed by atoms with Gasteiger partial charge >= 0.3 is 17.9 Å². The van der Waals surface area contributed by atoms with Gasteiger partial charge in [-0.2, -0.15) is 25.3 Å². The minimum atomic E-state index is -1.88. The number of likely N-dealkylation sites (tertiary alicyclic amines) is 1. The van der Waals surface area contributed by atoms with Crippen LogP contribution in [0.15, 0.2) is 85.2 Å². The summed E-state index contributed by atoms with van der Waals surface area (Å²) in [6.07, 6.45) is -0.527. The third-order valence-electron chi connectivity index (χ3n) is 19.6. The molecule has 5 aromatic rings. The van der Waals surface area contributed by atoms with Crippen molar-refractivity contribution in [2.75, 3.05) is 37.7 Å². The van der Waals surface area contributed by atoms with E-state index in [0.717, 1.165) is 4.90 Å². The van der Waals surface area contributed by atoms with Gasteiger partial charge in [0.2, 0.25) is 88.6 Å². The monoisotopic (exact) mass is 1730 g/mol. The maximum Gasteiger partial charge on any atom is 0.326 e. The summed E-state index contributed by atoms with van der Waals surface area (Å²) in [6, 6.07) is -1.14. The van der Waals surface area contributed by atoms with E-state index in [2.05, 4.69) is 104 Å². The molecule has 1 aliphatic heterocycles. The van der Waals surface area contributed by atoms with Crippen LogP contribution in [0.1, 0.15) is 115 Å². The number of primary amides is 1. The van der Waals surface area contributed by atoms with Crippen molar-refractivity contribution in [3.05, 3.63) is 102 Å². The molecule has 0 saturated carbocycles. The molecule has 15 amide bonds. The number of aromatic hydroxyl groups is 1. The van der Waals surface area contributed by atoms with Crippen molar-refractivity contribution >= 4 is 154 Å². The Hall–Kier alpha value is -12.4. The van der Waals surface area contributed by atoms with E-state index >= 15 is 19.2 Å². The molecule has 0 radical (unpaired) electrons. The first-order chi connectivity index (χ1) is 57.4. The Kier molecular flexibility index (Phi) is 38.7. The van der Waals surface area contributed by atoms with Gasteiger partial charge in [-0.15, -0.1) is 0 Å². The summed E-state index contributed by atoms with van der Waals surface area (Å²) in [4.78, 5) is 253. The highest BCUT2D eigenvalue weighted by molar-refractivity contribution is 7.80. The molecule has 0 aliphatic carbocycles. The maximum absolute atomic E-state index is 15.2. The lowest BCUT2D eigenvalue weighted by atomic mass is 9.99. The Morgan fingerprint density at radius 1 is 0.479 bits per heavy atom. The SMILES string of the molecule is CC(C)C[C@H](NC(=O)[C@H](Cc1c[nH]c2ccccc12)NC(=O)[C@H](CCC(N)=O)NC(=O)[C@H](Cc1c[nH]c2ccccc12)NC(=O)[C@H](CCC(=O)O)NC(=O)[C@@H]1CCCN1C(=O)[C@H](Cc1ccc(O)cc1)NC(=O)[C@H](CC(=O)O)NC(=O)[C@H](CS)NC(=O)CN)C(=O)N[C@@H](CS)C(=O)N[C@@H](C)C(=O)N[C@@H](C)C(=O)NCC(=O)N[C@@H](CCCCN)C(=O)O. The quantitative estimate of drug-likeness (QED) is 0.0130. The number of carboxylic acids is 3. The number of thiol groups is 2. The maximum atomic E-state index is 15.2. The number of aromatic amines is 2. The average molecular weight is 1730 g/mol. The van der Waals surface area contributed by atoms with Crippen molar-refractivity contribution in [2.24, 2.45) is 23.1 Å². The Morgan fingerprint density at radius 2 is 0.942 bits per heavy atom. The number of H-pyrrole nitrogens is 2. The minimum Gasteiger partial charge on any atom is -0.508 e. The number of nitrogens with one attached hydrogen (secondary N) is 15. The topological polar surface area (TPSA) is 657 Å². The minimum absolute atomic E-state index is 0.0818. The molecular weight excluding hydrogens is 1620 g/mol. The predicted molar refractivity (Wildman–Crippen MR) is 442 cm³/mol. The van der Waals surface area contributed by atoms with Crippen molar-refractivity contribution < 1.29 is 107 Å². The number of carboxylic acid groups (broad SMARTS) is 3. The number of nitrogens with zero attached hydrogens (tertiary/aromatic N) is 1. The number of benzene rings is 3. The molecule has 41 nitrogen and oxygen atoms in total. The third kappa shape index (κ3) is 30.7. The van der Waals surface area contributed by atoms with Gasteiger partial charge in [0.1, 0.15) is 84.3 Å². The number of fused-ring (bicyclic) bond motifs is 2. The molecule has 3 aromatic carbocycles. The van der Waals surface area contributed by atoms with Gasteiger partial charge in [0, 0.05) is 84.4 Å². The number of hydrogen-bond donors (Lipinski definition) is 24. The van der Waals surface area contributed by atoms with E-state index in [1.807, 2.05) is 0 Å². The molecule has 1 saturated heterocycles. The largest absolute Gasteiger partial charge is 0.508 e. The fraction of sp³-hybridized carbons (Fsp3) is 0.487. The van der Waals surface area contributed by atoms with Crippen LogP contribution in [0.4, 0.5) is 0 Å². The average Bonchev–Trinajstić information content (AvgIpc) is 1.80. The van der Waals surface area contributed by atoms with Crippen LogP contribution in [-0.4, -0.2) is 258 Å². The standard InChI is InChI=1S/C78H107N19O22S2/c1-39(2)28-53(70(110)96-59(38-121)74(114)86-41(4)67(107)85-40(3)66(106)84-36-63(101)87-52(78(118)119)16-9-10-26-79)91-72(112)55(31-44-35-83-49-15-8-6-13-47(44)49)93-68(108)50(22-24-61(81)99)89-71(111)54(30-43-34-82-48-14-7-5-12-46(43)48)92-69(109)51(23-25-64(102)103)90-76(116)60-17-11-27-97(60)77(117)57(29-42-18-20-45(98)21-19-42)95-73(113)56(32-65(104)105)94-75(115)58(37-120)88-62(100)33-80/h5-8,12-15,18-21,34-35,39-41,50-60,82-83,98,120-121H,9-11,16-17,22-33,36-38,79-80H2,1-4H3,(H2,81,99)(H,84,106)(H,85,107)(H,86,114)(H,87,101)(H,88,100)(H,89,111)(H,90,116)(H,91,112)(H,92,109)(H,93,108)(H,94,115)(H,95,113)(H,96,110)(H,102,103)(H,104,105)(H,118,119)/t40-,41-,50-,51-,52-,53-,54-,55-,56-,57-,58-,59-,60-/m0/s1. The second-order valence-corrected chi connectivity index (χ2v) is 30.2. The van der Waals surface area contributed by atoms with E-state index in [0.29, 0.717) is 57.9 Å². The van der Waals surface area contributed by atoms with Crippen LogP contribution < -0.4 is 86.3 Å². The van der Waals surface area contributed by atoms with Gasteiger partial charge in [0.05, 0.1) is 19.5 Å². The van der Waals surface area contributed by atoms with Gasteiger partial charge in [0.15, 0.2) is 0 Å². The number of rotatable bonds is 50. The summed E-state index contributed by atoms with van der Waals surface area (Å²) in [5, 5.41) is 72.7. The van der Waals surface area contributed by atoms with Crippen molar-refractivity contribution in [1.29, 1.82) is 0 Å². The summed E-state index contributed by atoms with van der Waals surface area (Å²) in [5.74, 6) is -20.2. The molecular formula is C78H107N19O22S2. The summed E-state index contributed by atoms with van der Waals surface area (Å²) in [6.45, 7) is 4.98. The summed E-state index contributed by atoms with van der Waals surface area (Å²) in [5.41, 5.74) is 18.9. The van der Waals surface area contributed by atoms with Crippen molar-refractivity contribution in [1.82, 2.24) is 84.0 Å². The van der Waals surface area contributed by atoms with Gasteiger partial charge in [-0.05, 0) is 119 Å². The summed E-state index contributed by atoms with van der Waals surface area (Å²) in [7, 11) is 0. The zero-order valence-corrected chi connectivity index (χ0v) is 68.8. The molecule has 1 fully saturated rings. The van der Waals surface area contributed by atoms with E-state index in [9.17, 15) is 87.5 Å². The highest BCUT2D eigenvalue weighted by Crippen LogP contribution is 2.25. The van der Waals surface area contributed by atoms with Crippen LogP contribution in [-0.2, 0) is 106 Å². The Balaban J connectivity index is 1.24. The molecule has 1 aliphatic rings.